The molecular weight excluding hydrogens is 452 g/mol. The first-order valence-electron chi connectivity index (χ1n) is 11.9. The van der Waals surface area contributed by atoms with Crippen molar-refractivity contribution >= 4 is 29.5 Å². The highest BCUT2D eigenvalue weighted by Gasteiger charge is 2.71. The molecule has 5 rings (SSSR count). The van der Waals surface area contributed by atoms with Gasteiger partial charge in [0.25, 0.3) is 0 Å². The molecule has 34 heavy (non-hydrogen) atoms. The van der Waals surface area contributed by atoms with Gasteiger partial charge in [-0.3, -0.25) is 14.4 Å². The van der Waals surface area contributed by atoms with Crippen LogP contribution in [-0.4, -0.2) is 74.5 Å². The number of cyclic esters (lactones) is 1. The van der Waals surface area contributed by atoms with Crippen molar-refractivity contribution in [2.24, 2.45) is 11.8 Å². The third-order valence-corrected chi connectivity index (χ3v) is 9.07. The third-order valence-electron chi connectivity index (χ3n) is 7.33. The van der Waals surface area contributed by atoms with E-state index in [2.05, 4.69) is 6.08 Å². The predicted octanol–water partition coefficient (Wildman–Crippen LogP) is 2.16. The van der Waals surface area contributed by atoms with Gasteiger partial charge in [-0.2, -0.15) is 0 Å². The zero-order valence-electron chi connectivity index (χ0n) is 19.2. The number of esters is 1. The van der Waals surface area contributed by atoms with Crippen molar-refractivity contribution in [3.63, 3.8) is 0 Å². The van der Waals surface area contributed by atoms with Crippen molar-refractivity contribution in [3.05, 3.63) is 60.2 Å². The lowest BCUT2D eigenvalue weighted by Crippen LogP contribution is -2.55. The number of hydrogen-bond acceptors (Lipinski definition) is 6. The van der Waals surface area contributed by atoms with E-state index in [4.69, 9.17) is 4.74 Å². The molecule has 0 aliphatic carbocycles. The summed E-state index contributed by atoms with van der Waals surface area (Å²) in [4.78, 5) is 44.5. The van der Waals surface area contributed by atoms with Crippen LogP contribution in [0.2, 0.25) is 0 Å². The Bertz CT molecular complexity index is 1030. The summed E-state index contributed by atoms with van der Waals surface area (Å²) >= 11 is 1.53. The summed E-state index contributed by atoms with van der Waals surface area (Å²) in [7, 11) is 0. The summed E-state index contributed by atoms with van der Waals surface area (Å²) in [6, 6.07) is 8.42. The van der Waals surface area contributed by atoms with Crippen molar-refractivity contribution in [1.82, 2.24) is 9.80 Å². The fourth-order valence-corrected chi connectivity index (χ4v) is 7.74. The van der Waals surface area contributed by atoms with Crippen LogP contribution in [-0.2, 0) is 25.7 Å². The van der Waals surface area contributed by atoms with E-state index in [1.165, 1.54) is 16.7 Å². The number of benzene rings is 1. The van der Waals surface area contributed by atoms with Gasteiger partial charge in [-0.1, -0.05) is 54.6 Å². The molecule has 6 atom stereocenters. The minimum Gasteiger partial charge on any atom is -0.465 e. The van der Waals surface area contributed by atoms with Crippen LogP contribution in [0.25, 0.3) is 0 Å². The van der Waals surface area contributed by atoms with E-state index in [-0.39, 0.29) is 29.6 Å². The average molecular weight is 483 g/mol. The van der Waals surface area contributed by atoms with Gasteiger partial charge in [-0.05, 0) is 25.3 Å². The molecule has 1 aromatic rings. The van der Waals surface area contributed by atoms with Crippen LogP contribution < -0.4 is 0 Å². The summed E-state index contributed by atoms with van der Waals surface area (Å²) in [5.41, 5.74) is 1.01. The number of carbonyl (C=O) groups excluding carboxylic acids is 3. The van der Waals surface area contributed by atoms with Crippen LogP contribution in [0.3, 0.4) is 0 Å². The molecule has 4 heterocycles. The Morgan fingerprint density at radius 3 is 2.74 bits per heavy atom. The second kappa shape index (κ2) is 9.23. The fourth-order valence-electron chi connectivity index (χ4n) is 5.75. The van der Waals surface area contributed by atoms with Gasteiger partial charge in [0.05, 0.1) is 35.8 Å². The highest BCUT2D eigenvalue weighted by molar-refractivity contribution is 8.02. The maximum Gasteiger partial charge on any atom is 0.311 e. The zero-order chi connectivity index (χ0) is 23.9. The number of hydrogen-bond donors (Lipinski definition) is 1. The zero-order valence-corrected chi connectivity index (χ0v) is 20.0. The lowest BCUT2D eigenvalue weighted by Gasteiger charge is -2.37. The smallest absolute Gasteiger partial charge is 0.311 e. The lowest BCUT2D eigenvalue weighted by molar-refractivity contribution is -0.153. The number of aliphatic hydroxyl groups excluding tert-OH is 1. The van der Waals surface area contributed by atoms with Crippen molar-refractivity contribution < 1.29 is 24.2 Å². The molecule has 0 radical (unpaired) electrons. The number of likely N-dealkylation sites (tertiary alicyclic amines) is 1. The number of allylic oxidation sites excluding steroid dienone is 1. The Hall–Kier alpha value is -2.58. The van der Waals surface area contributed by atoms with Crippen molar-refractivity contribution in [2.75, 3.05) is 19.8 Å². The van der Waals surface area contributed by atoms with E-state index in [1.54, 1.807) is 11.8 Å². The van der Waals surface area contributed by atoms with Gasteiger partial charge < -0.3 is 19.6 Å². The highest BCUT2D eigenvalue weighted by atomic mass is 32.2. The van der Waals surface area contributed by atoms with Gasteiger partial charge in [0.2, 0.25) is 11.8 Å². The first-order chi connectivity index (χ1) is 16.5. The Labute approximate surface area is 203 Å². The second-order valence-electron chi connectivity index (χ2n) is 9.46. The van der Waals surface area contributed by atoms with Crippen LogP contribution in [0.5, 0.6) is 0 Å². The number of amides is 2. The Morgan fingerprint density at radius 1 is 1.18 bits per heavy atom. The molecule has 0 aromatic heterocycles. The van der Waals surface area contributed by atoms with Gasteiger partial charge in [-0.25, -0.2) is 0 Å². The number of aliphatic hydroxyl groups is 1. The van der Waals surface area contributed by atoms with Crippen LogP contribution >= 0.6 is 11.8 Å². The van der Waals surface area contributed by atoms with Crippen LogP contribution in [0.1, 0.15) is 25.3 Å². The Morgan fingerprint density at radius 2 is 1.97 bits per heavy atom. The summed E-state index contributed by atoms with van der Waals surface area (Å²) in [6.45, 7) is 2.66. The molecule has 4 aliphatic rings. The van der Waals surface area contributed by atoms with E-state index in [1.807, 2.05) is 48.6 Å². The summed E-state index contributed by atoms with van der Waals surface area (Å²) in [5, 5.41) is 9.74. The Balaban J connectivity index is 1.58. The van der Waals surface area contributed by atoms with Crippen molar-refractivity contribution in [1.29, 1.82) is 0 Å². The topological polar surface area (TPSA) is 87.2 Å². The first-order valence-corrected chi connectivity index (χ1v) is 12.8. The molecule has 4 aliphatic heterocycles. The van der Waals surface area contributed by atoms with Gasteiger partial charge in [0.1, 0.15) is 6.04 Å². The van der Waals surface area contributed by atoms with E-state index in [0.717, 1.165) is 18.4 Å². The molecule has 8 heteroatoms. The van der Waals surface area contributed by atoms with Crippen molar-refractivity contribution in [3.8, 4) is 0 Å². The fraction of sp³-hybridized carbons (Fsp3) is 0.500. The molecule has 2 saturated heterocycles. The first kappa shape index (κ1) is 23.2. The van der Waals surface area contributed by atoms with Crippen LogP contribution in [0.4, 0.5) is 0 Å². The number of ether oxygens (including phenoxy) is 1. The van der Waals surface area contributed by atoms with E-state index >= 15 is 0 Å². The molecule has 2 fully saturated rings. The van der Waals surface area contributed by atoms with Gasteiger partial charge in [0.15, 0.2) is 0 Å². The molecule has 0 bridgehead atoms. The largest absolute Gasteiger partial charge is 0.465 e. The molecular formula is C26H30N2O5S. The predicted molar refractivity (Wildman–Crippen MR) is 129 cm³/mol. The molecule has 1 N–H and O–H groups in total. The number of fused-ring (bicyclic) bond motifs is 2. The van der Waals surface area contributed by atoms with Gasteiger partial charge in [0, 0.05) is 18.3 Å². The number of thioether (sulfide) groups is 1. The van der Waals surface area contributed by atoms with E-state index in [0.29, 0.717) is 19.7 Å². The third kappa shape index (κ3) is 3.67. The molecule has 1 aromatic carbocycles. The monoisotopic (exact) mass is 482 g/mol. The minimum atomic E-state index is -0.888. The molecule has 1 spiro atoms. The number of rotatable bonds is 4. The molecule has 7 nitrogen and oxygen atoms in total. The van der Waals surface area contributed by atoms with Gasteiger partial charge in [-0.15, -0.1) is 11.8 Å². The number of carbonyl (C=O) groups is 3. The minimum absolute atomic E-state index is 0.152. The lowest BCUT2D eigenvalue weighted by atomic mass is 9.78. The molecule has 2 amide bonds. The summed E-state index contributed by atoms with van der Waals surface area (Å²) in [6.07, 6.45) is 9.57. The summed E-state index contributed by atoms with van der Waals surface area (Å²) < 4.78 is 4.67. The molecule has 0 saturated carbocycles. The van der Waals surface area contributed by atoms with E-state index in [9.17, 15) is 19.5 Å². The SMILES string of the molecule is C[C@H](CO)N1C(=O)[C@@H]2[C@@H]3C(=O)OCCC/C=C\[C@@H]3S[C@@]23C=CCN(Cc2ccccc2)C(=O)C13. The van der Waals surface area contributed by atoms with Gasteiger partial charge >= 0.3 is 5.97 Å². The maximum atomic E-state index is 14.1. The Kier molecular flexibility index (Phi) is 6.29. The normalized spacial score (nSPS) is 34.8. The van der Waals surface area contributed by atoms with Crippen LogP contribution in [0.15, 0.2) is 54.6 Å². The standard InChI is InChI=1S/C26H30N2O5S/c1-17(16-29)28-22-24(31)27(15-18-9-4-2-5-10-18)13-8-12-26(22)21(23(28)30)20-19(34-26)11-6-3-7-14-33-25(20)32/h2,4-6,8-12,17,19-22,29H,3,7,13-16H2,1H3/b11-6-/t17-,19+,20-,21+,22?,26+/m1/s1. The summed E-state index contributed by atoms with van der Waals surface area (Å²) in [5.74, 6) is -2.16. The maximum absolute atomic E-state index is 14.1. The van der Waals surface area contributed by atoms with Crippen molar-refractivity contribution in [2.45, 2.75) is 48.4 Å². The number of nitrogens with zero attached hydrogens (tertiary/aromatic N) is 2. The molecule has 180 valence electrons. The van der Waals surface area contributed by atoms with E-state index < -0.39 is 28.7 Å². The second-order valence-corrected chi connectivity index (χ2v) is 11.0. The quantitative estimate of drug-likeness (QED) is 0.523. The molecule has 1 unspecified atom stereocenters. The average Bonchev–Trinajstić information content (AvgIpc) is 3.26. The highest BCUT2D eigenvalue weighted by Crippen LogP contribution is 2.61. The van der Waals surface area contributed by atoms with Crippen LogP contribution in [0, 0.1) is 11.8 Å².